The smallest absolute Gasteiger partial charge is 0.251 e. The largest absolute Gasteiger partial charge is 0.508 e. The van der Waals surface area contributed by atoms with Crippen molar-refractivity contribution in [1.29, 1.82) is 0 Å². The summed E-state index contributed by atoms with van der Waals surface area (Å²) >= 11 is 1.61. The lowest BCUT2D eigenvalue weighted by Gasteiger charge is -2.12. The summed E-state index contributed by atoms with van der Waals surface area (Å²) < 4.78 is 0. The van der Waals surface area contributed by atoms with Crippen molar-refractivity contribution in [2.75, 3.05) is 0 Å². The van der Waals surface area contributed by atoms with E-state index in [2.05, 4.69) is 5.32 Å². The van der Waals surface area contributed by atoms with Gasteiger partial charge < -0.3 is 10.4 Å². The maximum Gasteiger partial charge on any atom is 0.251 e. The first-order valence-electron chi connectivity index (χ1n) is 5.72. The second kappa shape index (κ2) is 5.23. The first-order chi connectivity index (χ1) is 8.58. The van der Waals surface area contributed by atoms with Gasteiger partial charge in [0.05, 0.1) is 6.04 Å². The van der Waals surface area contributed by atoms with Crippen LogP contribution in [0.2, 0.25) is 0 Å². The SMILES string of the molecule is Cc1ccc(C(=O)NC(C)c2cccs2)cc1O. The van der Waals surface area contributed by atoms with Crippen LogP contribution in [0.25, 0.3) is 0 Å². The van der Waals surface area contributed by atoms with Gasteiger partial charge in [-0.25, -0.2) is 0 Å². The first kappa shape index (κ1) is 12.6. The van der Waals surface area contributed by atoms with Crippen molar-refractivity contribution in [3.63, 3.8) is 0 Å². The lowest BCUT2D eigenvalue weighted by molar-refractivity contribution is 0.0940. The van der Waals surface area contributed by atoms with E-state index < -0.39 is 0 Å². The van der Waals surface area contributed by atoms with E-state index >= 15 is 0 Å². The Bertz CT molecular complexity index is 549. The van der Waals surface area contributed by atoms with E-state index in [-0.39, 0.29) is 17.7 Å². The maximum atomic E-state index is 12.0. The summed E-state index contributed by atoms with van der Waals surface area (Å²) in [6.45, 7) is 3.74. The Morgan fingerprint density at radius 3 is 2.78 bits per heavy atom. The van der Waals surface area contributed by atoms with Gasteiger partial charge in [-0.3, -0.25) is 4.79 Å². The lowest BCUT2D eigenvalue weighted by atomic mass is 10.1. The number of rotatable bonds is 3. The van der Waals surface area contributed by atoms with Crippen molar-refractivity contribution in [3.05, 3.63) is 51.7 Å². The third-order valence-electron chi connectivity index (χ3n) is 2.79. The second-order valence-electron chi connectivity index (χ2n) is 4.21. The molecule has 0 radical (unpaired) electrons. The summed E-state index contributed by atoms with van der Waals surface area (Å²) in [5, 5.41) is 14.5. The van der Waals surface area contributed by atoms with E-state index in [0.717, 1.165) is 10.4 Å². The van der Waals surface area contributed by atoms with E-state index in [1.54, 1.807) is 30.4 Å². The summed E-state index contributed by atoms with van der Waals surface area (Å²) in [5.74, 6) is -0.0300. The number of nitrogens with one attached hydrogen (secondary N) is 1. The van der Waals surface area contributed by atoms with Crippen LogP contribution in [0.15, 0.2) is 35.7 Å². The fourth-order valence-electron chi connectivity index (χ4n) is 1.64. The lowest BCUT2D eigenvalue weighted by Crippen LogP contribution is -2.26. The molecule has 0 aliphatic heterocycles. The van der Waals surface area contributed by atoms with Crippen molar-refractivity contribution in [2.24, 2.45) is 0 Å². The molecular weight excluding hydrogens is 246 g/mol. The predicted octanol–water partition coefficient (Wildman–Crippen LogP) is 3.25. The predicted molar refractivity (Wildman–Crippen MR) is 73.0 cm³/mol. The number of aromatic hydroxyl groups is 1. The minimum atomic E-state index is -0.175. The minimum Gasteiger partial charge on any atom is -0.508 e. The highest BCUT2D eigenvalue weighted by molar-refractivity contribution is 7.10. The molecule has 1 aromatic heterocycles. The number of phenols is 1. The van der Waals surface area contributed by atoms with Gasteiger partial charge in [0.1, 0.15) is 5.75 Å². The van der Waals surface area contributed by atoms with Crippen molar-refractivity contribution in [3.8, 4) is 5.75 Å². The molecule has 0 saturated carbocycles. The zero-order valence-corrected chi connectivity index (χ0v) is 11.1. The second-order valence-corrected chi connectivity index (χ2v) is 5.19. The van der Waals surface area contributed by atoms with Gasteiger partial charge in [-0.1, -0.05) is 12.1 Å². The van der Waals surface area contributed by atoms with Gasteiger partial charge in [0.25, 0.3) is 5.91 Å². The summed E-state index contributed by atoms with van der Waals surface area (Å²) in [7, 11) is 0. The van der Waals surface area contributed by atoms with E-state index in [9.17, 15) is 9.90 Å². The molecule has 1 heterocycles. The molecule has 1 amide bonds. The Balaban J connectivity index is 2.10. The summed E-state index contributed by atoms with van der Waals surface area (Å²) in [6, 6.07) is 8.86. The average Bonchev–Trinajstić information content (AvgIpc) is 2.86. The van der Waals surface area contributed by atoms with Gasteiger partial charge >= 0.3 is 0 Å². The molecule has 0 bridgehead atoms. The van der Waals surface area contributed by atoms with Crippen molar-refractivity contribution >= 4 is 17.2 Å². The molecule has 0 aliphatic carbocycles. The number of carbonyl (C=O) groups excluding carboxylic acids is 1. The van der Waals surface area contributed by atoms with Gasteiger partial charge in [0.2, 0.25) is 0 Å². The zero-order chi connectivity index (χ0) is 13.1. The molecule has 0 saturated heterocycles. The van der Waals surface area contributed by atoms with Gasteiger partial charge in [0, 0.05) is 10.4 Å². The van der Waals surface area contributed by atoms with Crippen LogP contribution in [0.5, 0.6) is 5.75 Å². The van der Waals surface area contributed by atoms with Crippen LogP contribution in [0.3, 0.4) is 0 Å². The topological polar surface area (TPSA) is 49.3 Å². The van der Waals surface area contributed by atoms with Crippen LogP contribution >= 0.6 is 11.3 Å². The van der Waals surface area contributed by atoms with Crippen LogP contribution in [0.1, 0.15) is 33.8 Å². The fraction of sp³-hybridized carbons (Fsp3) is 0.214. The number of aryl methyl sites for hydroxylation is 1. The van der Waals surface area contributed by atoms with Gasteiger partial charge in [-0.2, -0.15) is 0 Å². The summed E-state index contributed by atoms with van der Waals surface area (Å²) in [4.78, 5) is 13.1. The molecule has 3 nitrogen and oxygen atoms in total. The third-order valence-corrected chi connectivity index (χ3v) is 3.84. The van der Waals surface area contributed by atoms with Crippen LogP contribution in [0, 0.1) is 6.92 Å². The number of phenolic OH excluding ortho intramolecular Hbond substituents is 1. The molecule has 1 unspecified atom stereocenters. The van der Waals surface area contributed by atoms with Crippen molar-refractivity contribution < 1.29 is 9.90 Å². The first-order valence-corrected chi connectivity index (χ1v) is 6.60. The van der Waals surface area contributed by atoms with Crippen LogP contribution < -0.4 is 5.32 Å². The van der Waals surface area contributed by atoms with Crippen molar-refractivity contribution in [1.82, 2.24) is 5.32 Å². The molecule has 94 valence electrons. The molecular formula is C14H15NO2S. The highest BCUT2D eigenvalue weighted by Crippen LogP contribution is 2.20. The van der Waals surface area contributed by atoms with Crippen molar-refractivity contribution in [2.45, 2.75) is 19.9 Å². The van der Waals surface area contributed by atoms with E-state index in [1.807, 2.05) is 24.4 Å². The standard InChI is InChI=1S/C14H15NO2S/c1-9-5-6-11(8-12(9)16)14(17)15-10(2)13-4-3-7-18-13/h3-8,10,16H,1-2H3,(H,15,17). The molecule has 18 heavy (non-hydrogen) atoms. The van der Waals surface area contributed by atoms with Gasteiger partial charge in [-0.15, -0.1) is 11.3 Å². The Morgan fingerprint density at radius 1 is 1.39 bits per heavy atom. The van der Waals surface area contributed by atoms with Gasteiger partial charge in [-0.05, 0) is 43.0 Å². The normalized spacial score (nSPS) is 12.1. The quantitative estimate of drug-likeness (QED) is 0.891. The Labute approximate surface area is 110 Å². The van der Waals surface area contributed by atoms with Crippen LogP contribution in [-0.4, -0.2) is 11.0 Å². The number of hydrogen-bond acceptors (Lipinski definition) is 3. The zero-order valence-electron chi connectivity index (χ0n) is 10.3. The Morgan fingerprint density at radius 2 is 2.17 bits per heavy atom. The van der Waals surface area contributed by atoms with E-state index in [0.29, 0.717) is 5.56 Å². The average molecular weight is 261 g/mol. The third kappa shape index (κ3) is 2.71. The minimum absolute atomic E-state index is 0.0269. The fourth-order valence-corrected chi connectivity index (χ4v) is 2.37. The van der Waals surface area contributed by atoms with Crippen LogP contribution in [-0.2, 0) is 0 Å². The molecule has 2 aromatic rings. The number of hydrogen-bond donors (Lipinski definition) is 2. The molecule has 0 fully saturated rings. The molecule has 2 N–H and O–H groups in total. The highest BCUT2D eigenvalue weighted by atomic mass is 32.1. The van der Waals surface area contributed by atoms with Crippen LogP contribution in [0.4, 0.5) is 0 Å². The van der Waals surface area contributed by atoms with E-state index in [1.165, 1.54) is 6.07 Å². The molecule has 1 atom stereocenters. The maximum absolute atomic E-state index is 12.0. The molecule has 0 spiro atoms. The summed E-state index contributed by atoms with van der Waals surface area (Å²) in [5.41, 5.74) is 1.24. The van der Waals surface area contributed by atoms with Gasteiger partial charge in [0.15, 0.2) is 0 Å². The molecule has 2 rings (SSSR count). The molecule has 4 heteroatoms. The number of benzene rings is 1. The molecule has 1 aromatic carbocycles. The highest BCUT2D eigenvalue weighted by Gasteiger charge is 2.12. The summed E-state index contributed by atoms with van der Waals surface area (Å²) in [6.07, 6.45) is 0. The Hall–Kier alpha value is -1.81. The number of thiophene rings is 1. The molecule has 0 aliphatic rings. The Kier molecular flexibility index (Phi) is 3.67. The van der Waals surface area contributed by atoms with E-state index in [4.69, 9.17) is 0 Å². The number of amides is 1. The monoisotopic (exact) mass is 261 g/mol. The number of carbonyl (C=O) groups is 1.